The van der Waals surface area contributed by atoms with Crippen LogP contribution in [0.2, 0.25) is 0 Å². The van der Waals surface area contributed by atoms with E-state index in [0.717, 1.165) is 11.0 Å². The molecule has 2 aliphatic rings. The molecule has 4 heterocycles. The Morgan fingerprint density at radius 1 is 0.676 bits per heavy atom. The largest absolute Gasteiger partial charge is 0.453 e. The summed E-state index contributed by atoms with van der Waals surface area (Å²) in [5, 5.41) is 1.21. The Kier molecular flexibility index (Phi) is 3.60. The summed E-state index contributed by atoms with van der Waals surface area (Å²) in [6.45, 7) is 4.94. The molecule has 3 aromatic carbocycles. The Morgan fingerprint density at radius 2 is 1.12 bits per heavy atom. The van der Waals surface area contributed by atoms with Gasteiger partial charge in [-0.3, -0.25) is 9.13 Å². The van der Waals surface area contributed by atoms with Crippen molar-refractivity contribution in [2.45, 2.75) is 26.9 Å². The number of imidazole rings is 2. The Balaban J connectivity index is 1.39. The number of hydrogen-bond acceptors (Lipinski definition) is 6. The third kappa shape index (κ3) is 2.50. The summed E-state index contributed by atoms with van der Waals surface area (Å²) >= 11 is 0. The molecular formula is C24H18N6O4. The van der Waals surface area contributed by atoms with Gasteiger partial charge in [0.1, 0.15) is 22.1 Å². The molecule has 2 aliphatic heterocycles. The first-order valence-electron chi connectivity index (χ1n) is 11.0. The van der Waals surface area contributed by atoms with E-state index in [4.69, 9.17) is 19.5 Å². The van der Waals surface area contributed by atoms with Crippen LogP contribution in [0.5, 0.6) is 23.0 Å². The smallest absolute Gasteiger partial charge is 0.326 e. The summed E-state index contributed by atoms with van der Waals surface area (Å²) in [4.78, 5) is 39.6. The van der Waals surface area contributed by atoms with E-state index < -0.39 is 0 Å². The zero-order chi connectivity index (χ0) is 23.1. The van der Waals surface area contributed by atoms with Gasteiger partial charge in [0.05, 0.1) is 22.1 Å². The second-order valence-corrected chi connectivity index (χ2v) is 8.24. The van der Waals surface area contributed by atoms with Crippen molar-refractivity contribution < 1.29 is 9.47 Å². The van der Waals surface area contributed by atoms with E-state index in [1.165, 1.54) is 0 Å². The van der Waals surface area contributed by atoms with E-state index in [2.05, 4.69) is 9.97 Å². The molecule has 0 radical (unpaired) electrons. The molecule has 7 rings (SSSR count). The van der Waals surface area contributed by atoms with Gasteiger partial charge in [-0.2, -0.15) is 0 Å². The van der Waals surface area contributed by atoms with Crippen molar-refractivity contribution in [3.8, 4) is 23.0 Å². The van der Waals surface area contributed by atoms with Gasteiger partial charge in [-0.1, -0.05) is 0 Å². The third-order valence-corrected chi connectivity index (χ3v) is 6.30. The van der Waals surface area contributed by atoms with Gasteiger partial charge < -0.3 is 19.4 Å². The molecule has 34 heavy (non-hydrogen) atoms. The highest BCUT2D eigenvalue weighted by Crippen LogP contribution is 2.39. The first-order chi connectivity index (χ1) is 16.5. The molecule has 0 spiro atoms. The summed E-state index contributed by atoms with van der Waals surface area (Å²) in [5.41, 5.74) is 3.86. The fourth-order valence-corrected chi connectivity index (χ4v) is 4.69. The molecule has 168 valence electrons. The van der Waals surface area contributed by atoms with Crippen LogP contribution in [0.4, 0.5) is 11.4 Å². The number of aryl methyl sites for hydroxylation is 2. The van der Waals surface area contributed by atoms with Crippen LogP contribution in [0, 0.1) is 0 Å². The average Bonchev–Trinajstić information content (AvgIpc) is 3.29. The molecule has 5 aromatic rings. The molecule has 2 aromatic heterocycles. The van der Waals surface area contributed by atoms with E-state index >= 15 is 0 Å². The quantitative estimate of drug-likeness (QED) is 0.417. The standard InChI is InChI=1S/C24H18N6O4/c1-3-29-17-9-21-13(5-11(17)27-23(29)31)25-15-8-20-16(7-19(15)33-21)26-14-6-12-18(10-22(14)34-20)30(4-2)24(32)28-12/h5-10H,3-4H2,1-2H3,(H,27,31)(H,28,32). The van der Waals surface area contributed by atoms with Crippen molar-refractivity contribution in [3.05, 3.63) is 68.1 Å². The molecule has 2 N–H and O–H groups in total. The number of hydrogen-bond donors (Lipinski definition) is 2. The number of ether oxygens (including phenoxy) is 2. The number of fused-ring (bicyclic) bond motifs is 6. The molecular weight excluding hydrogens is 436 g/mol. The van der Waals surface area contributed by atoms with Crippen LogP contribution >= 0.6 is 0 Å². The number of benzene rings is 3. The maximum atomic E-state index is 12.2. The molecule has 0 aliphatic carbocycles. The van der Waals surface area contributed by atoms with Crippen LogP contribution in [0.25, 0.3) is 22.1 Å². The second kappa shape index (κ2) is 6.47. The van der Waals surface area contributed by atoms with Gasteiger partial charge in [0, 0.05) is 37.4 Å². The van der Waals surface area contributed by atoms with Crippen LogP contribution in [0.3, 0.4) is 0 Å². The zero-order valence-corrected chi connectivity index (χ0v) is 18.3. The number of aromatic amines is 2. The predicted octanol–water partition coefficient (Wildman–Crippen LogP) is 3.13. The summed E-state index contributed by atoms with van der Waals surface area (Å²) in [6.07, 6.45) is 0. The molecule has 0 amide bonds. The lowest BCUT2D eigenvalue weighted by molar-refractivity contribution is 0.451. The second-order valence-electron chi connectivity index (χ2n) is 8.24. The summed E-state index contributed by atoms with van der Waals surface area (Å²) < 4.78 is 15.6. The summed E-state index contributed by atoms with van der Waals surface area (Å²) in [6, 6.07) is 10.9. The maximum Gasteiger partial charge on any atom is 0.326 e. The molecule has 0 atom stereocenters. The highest BCUT2D eigenvalue weighted by atomic mass is 16.5. The van der Waals surface area contributed by atoms with Crippen molar-refractivity contribution in [3.63, 3.8) is 0 Å². The highest BCUT2D eigenvalue weighted by molar-refractivity contribution is 5.84. The Hall–Kier alpha value is -4.60. The van der Waals surface area contributed by atoms with Gasteiger partial charge >= 0.3 is 11.4 Å². The van der Waals surface area contributed by atoms with Gasteiger partial charge in [-0.25, -0.2) is 19.6 Å². The van der Waals surface area contributed by atoms with Crippen molar-refractivity contribution in [2.24, 2.45) is 9.98 Å². The lowest BCUT2D eigenvalue weighted by Crippen LogP contribution is -2.18. The molecule has 10 nitrogen and oxygen atoms in total. The molecule has 0 unspecified atom stereocenters. The van der Waals surface area contributed by atoms with Crippen LogP contribution in [-0.2, 0) is 13.1 Å². The third-order valence-electron chi connectivity index (χ3n) is 6.30. The Morgan fingerprint density at radius 3 is 1.53 bits per heavy atom. The average molecular weight is 454 g/mol. The van der Waals surface area contributed by atoms with E-state index in [9.17, 15) is 9.59 Å². The Labute approximate surface area is 190 Å². The van der Waals surface area contributed by atoms with E-state index in [1.807, 2.05) is 38.1 Å². The summed E-state index contributed by atoms with van der Waals surface area (Å²) in [5.74, 6) is 2.24. The lowest BCUT2D eigenvalue weighted by atomic mass is 10.2. The van der Waals surface area contributed by atoms with Gasteiger partial charge in [0.2, 0.25) is 0 Å². The number of H-pyrrole nitrogens is 2. The molecule has 0 saturated carbocycles. The fourth-order valence-electron chi connectivity index (χ4n) is 4.69. The van der Waals surface area contributed by atoms with Crippen LogP contribution in [0.1, 0.15) is 13.8 Å². The first kappa shape index (κ1) is 18.9. The van der Waals surface area contributed by atoms with Crippen LogP contribution < -0.4 is 31.6 Å². The molecule has 0 bridgehead atoms. The minimum Gasteiger partial charge on any atom is -0.453 e. The fraction of sp³-hybridized carbons (Fsp3) is 0.167. The molecule has 0 fully saturated rings. The van der Waals surface area contributed by atoms with Crippen LogP contribution in [-0.4, -0.2) is 19.1 Å². The number of aromatic nitrogens is 4. The SMILES string of the molecule is CCn1c(=O)[nH]c2cc3c(cc21)Oc1cc2c(cc1=N3)Oc1cc3c(cc1N=2)[nH]c(=O)n3CC. The molecule has 0 saturated heterocycles. The van der Waals surface area contributed by atoms with E-state index in [-0.39, 0.29) is 11.4 Å². The van der Waals surface area contributed by atoms with Gasteiger partial charge in [0.25, 0.3) is 0 Å². The normalized spacial score (nSPS) is 13.2. The first-order valence-corrected chi connectivity index (χ1v) is 11.0. The predicted molar refractivity (Wildman–Crippen MR) is 125 cm³/mol. The maximum absolute atomic E-state index is 12.2. The van der Waals surface area contributed by atoms with Gasteiger partial charge in [-0.05, 0) is 26.0 Å². The summed E-state index contributed by atoms with van der Waals surface area (Å²) in [7, 11) is 0. The lowest BCUT2D eigenvalue weighted by Gasteiger charge is -2.18. The van der Waals surface area contributed by atoms with Crippen molar-refractivity contribution >= 4 is 33.4 Å². The number of nitrogens with one attached hydrogen (secondary N) is 2. The zero-order valence-electron chi connectivity index (χ0n) is 18.3. The van der Waals surface area contributed by atoms with Gasteiger partial charge in [0.15, 0.2) is 23.0 Å². The van der Waals surface area contributed by atoms with Crippen molar-refractivity contribution in [2.75, 3.05) is 0 Å². The minimum absolute atomic E-state index is 0.164. The van der Waals surface area contributed by atoms with Crippen molar-refractivity contribution in [1.82, 2.24) is 19.1 Å². The molecule has 10 heteroatoms. The van der Waals surface area contributed by atoms with Crippen LogP contribution in [0.15, 0.2) is 56.0 Å². The number of rotatable bonds is 2. The van der Waals surface area contributed by atoms with Crippen molar-refractivity contribution in [1.29, 1.82) is 0 Å². The van der Waals surface area contributed by atoms with E-state index in [0.29, 0.717) is 69.2 Å². The van der Waals surface area contributed by atoms with Gasteiger partial charge in [-0.15, -0.1) is 0 Å². The topological polar surface area (TPSA) is 119 Å². The minimum atomic E-state index is -0.164. The monoisotopic (exact) mass is 454 g/mol. The Bertz CT molecular complexity index is 1800. The number of nitrogens with zero attached hydrogens (tertiary/aromatic N) is 4. The van der Waals surface area contributed by atoms with E-state index in [1.54, 1.807) is 21.3 Å². The highest BCUT2D eigenvalue weighted by Gasteiger charge is 2.21.